The number of amides is 2. The third kappa shape index (κ3) is 7.86. The number of halogens is 6. The SMILES string of the molecule is Cc1ccc(-c2cc3c(cn2)CCc2c-3[nH]c3c2C(=O)NC2(CC2)C3)c(F)n1.Cc1ccc([B-](F)(F)F)c(F)n1.O=C1NC2(CC2)Cc2[nH]c3c(c21)CCc1cnc(Cl)cc1-3.[K+]. The molecule has 0 unspecified atom stereocenters. The molecule has 2 spiro atoms. The standard InChI is InChI=1S/C22H19FN4O.C16H14ClN3O.C6H5BF4N.K/c1-11-2-4-13(20(23)25-11)16-8-15-12(10-24-16)3-5-14-18-17(26-19(14)15)9-22(6-7-22)27-21(18)28;17-12-5-10-8(7-18-12)1-2-9-13-11(19-14(9)10)6-16(3-4-16)20-15(13)21;1-4-2-3-5(6(8)12-4)7(9,10)11;/h2,4,8,10,26H,3,5-7,9H2,1H3,(H,27,28);5,7,19H,1-4,6H2,(H,20,21);2-3H,1H3;/q;;-1;+1. The average molecular weight is 891 g/mol. The Morgan fingerprint density at radius 3 is 1.66 bits per heavy atom. The van der Waals surface area contributed by atoms with Crippen LogP contribution in [0.15, 0.2) is 48.8 Å². The molecule has 2 amide bonds. The van der Waals surface area contributed by atoms with Gasteiger partial charge in [0.05, 0.1) is 33.8 Å². The van der Waals surface area contributed by atoms with Crippen LogP contribution in [-0.4, -0.2) is 59.8 Å². The van der Waals surface area contributed by atoms with E-state index in [1.807, 2.05) is 24.5 Å². The molecule has 0 bridgehead atoms. The zero-order chi connectivity index (χ0) is 42.6. The Morgan fingerprint density at radius 2 is 1.16 bits per heavy atom. The molecule has 12 rings (SSSR count). The summed E-state index contributed by atoms with van der Waals surface area (Å²) in [5, 5.41) is 6.90. The van der Waals surface area contributed by atoms with E-state index in [0.717, 1.165) is 132 Å². The van der Waals surface area contributed by atoms with Gasteiger partial charge in [0.15, 0.2) is 5.95 Å². The average Bonchev–Trinajstić information content (AvgIpc) is 4.04. The second-order valence-electron chi connectivity index (χ2n) is 17.1. The maximum Gasteiger partial charge on any atom is 1.00 e. The van der Waals surface area contributed by atoms with Crippen LogP contribution in [0, 0.1) is 25.7 Å². The summed E-state index contributed by atoms with van der Waals surface area (Å²) in [6.07, 6.45) is 13.2. The Kier molecular flexibility index (Phi) is 10.9. The predicted octanol–water partition coefficient (Wildman–Crippen LogP) is 4.74. The normalized spacial score (nSPS) is 17.5. The molecule has 6 aromatic rings. The van der Waals surface area contributed by atoms with E-state index in [2.05, 4.69) is 40.5 Å². The van der Waals surface area contributed by atoms with E-state index in [-0.39, 0.29) is 80.0 Å². The maximum absolute atomic E-state index is 14.4. The molecule has 10 nitrogen and oxygen atoms in total. The van der Waals surface area contributed by atoms with Gasteiger partial charge in [0, 0.05) is 70.2 Å². The van der Waals surface area contributed by atoms with Crippen molar-refractivity contribution in [3.63, 3.8) is 0 Å². The molecule has 2 aliphatic heterocycles. The Hall–Kier alpha value is -4.26. The quantitative estimate of drug-likeness (QED) is 0.113. The molecule has 0 aromatic carbocycles. The smallest absolute Gasteiger partial charge is 0.445 e. The van der Waals surface area contributed by atoms with E-state index in [9.17, 15) is 31.3 Å². The summed E-state index contributed by atoms with van der Waals surface area (Å²) >= 11 is 6.05. The zero-order valence-corrected chi connectivity index (χ0v) is 38.0. The van der Waals surface area contributed by atoms with Crippen molar-refractivity contribution in [1.82, 2.24) is 40.5 Å². The second kappa shape index (κ2) is 15.8. The predicted molar refractivity (Wildman–Crippen MR) is 220 cm³/mol. The van der Waals surface area contributed by atoms with Gasteiger partial charge < -0.3 is 33.5 Å². The monoisotopic (exact) mass is 890 g/mol. The zero-order valence-electron chi connectivity index (χ0n) is 34.1. The van der Waals surface area contributed by atoms with Crippen molar-refractivity contribution in [2.45, 2.75) is 89.1 Å². The molecular weight excluding hydrogens is 853 g/mol. The molecule has 6 aliphatic rings. The Bertz CT molecular complexity index is 2850. The summed E-state index contributed by atoms with van der Waals surface area (Å²) in [5.74, 6) is -1.82. The Balaban J connectivity index is 0.000000127. The number of nitrogens with zero attached hydrogens (tertiary/aromatic N) is 4. The van der Waals surface area contributed by atoms with Crippen LogP contribution in [0.3, 0.4) is 0 Å². The summed E-state index contributed by atoms with van der Waals surface area (Å²) < 4.78 is 62.8. The summed E-state index contributed by atoms with van der Waals surface area (Å²) in [7, 11) is 0. The van der Waals surface area contributed by atoms with Crippen molar-refractivity contribution in [2.24, 2.45) is 0 Å². The van der Waals surface area contributed by atoms with Crippen molar-refractivity contribution >= 4 is 35.9 Å². The molecule has 0 atom stereocenters. The molecule has 2 fully saturated rings. The molecule has 4 aliphatic carbocycles. The fourth-order valence-electron chi connectivity index (χ4n) is 9.21. The summed E-state index contributed by atoms with van der Waals surface area (Å²) in [6.45, 7) is -2.09. The fraction of sp³-hybridized carbons (Fsp3) is 0.318. The minimum Gasteiger partial charge on any atom is -0.445 e. The number of hydrogen-bond acceptors (Lipinski definition) is 6. The van der Waals surface area contributed by atoms with Crippen molar-refractivity contribution in [3.8, 4) is 33.8 Å². The van der Waals surface area contributed by atoms with Crippen LogP contribution in [0.2, 0.25) is 5.15 Å². The van der Waals surface area contributed by atoms with Gasteiger partial charge >= 0.3 is 58.4 Å². The molecule has 8 heterocycles. The van der Waals surface area contributed by atoms with Gasteiger partial charge in [-0.2, -0.15) is 8.78 Å². The van der Waals surface area contributed by atoms with Gasteiger partial charge in [0.2, 0.25) is 5.95 Å². The number of carbonyl (C=O) groups is 2. The minimum absolute atomic E-state index is 0. The number of carbonyl (C=O) groups excluding carboxylic acids is 2. The summed E-state index contributed by atoms with van der Waals surface area (Å²) in [5.41, 5.74) is 13.1. The molecule has 62 heavy (non-hydrogen) atoms. The van der Waals surface area contributed by atoms with Crippen LogP contribution in [0.25, 0.3) is 33.8 Å². The molecule has 6 aromatic heterocycles. The van der Waals surface area contributed by atoms with Gasteiger partial charge in [0.1, 0.15) is 5.15 Å². The van der Waals surface area contributed by atoms with E-state index in [4.69, 9.17) is 11.6 Å². The van der Waals surface area contributed by atoms with Crippen LogP contribution in [-0.2, 0) is 38.5 Å². The van der Waals surface area contributed by atoms with Crippen molar-refractivity contribution in [2.75, 3.05) is 0 Å². The molecular formula is C44H38BClF5KN8O2. The number of fused-ring (bicyclic) bond motifs is 10. The van der Waals surface area contributed by atoms with E-state index in [1.54, 1.807) is 19.1 Å². The molecule has 18 heteroatoms. The maximum atomic E-state index is 14.4. The first-order valence-electron chi connectivity index (χ1n) is 20.3. The first-order chi connectivity index (χ1) is 29.1. The fourth-order valence-corrected chi connectivity index (χ4v) is 9.37. The van der Waals surface area contributed by atoms with E-state index in [1.165, 1.54) is 12.5 Å². The molecule has 312 valence electrons. The summed E-state index contributed by atoms with van der Waals surface area (Å²) in [6, 6.07) is 9.18. The van der Waals surface area contributed by atoms with Gasteiger partial charge in [-0.15, -0.1) is 0 Å². The van der Waals surface area contributed by atoms with Gasteiger partial charge in [-0.3, -0.25) is 14.6 Å². The third-order valence-electron chi connectivity index (χ3n) is 12.7. The van der Waals surface area contributed by atoms with E-state index in [0.29, 0.717) is 28.2 Å². The van der Waals surface area contributed by atoms with Crippen molar-refractivity contribution in [1.29, 1.82) is 0 Å². The molecule has 0 radical (unpaired) electrons. The van der Waals surface area contributed by atoms with Crippen LogP contribution in [0.1, 0.15) is 91.4 Å². The second-order valence-corrected chi connectivity index (χ2v) is 17.5. The number of pyridine rings is 4. The number of nitrogens with one attached hydrogen (secondary N) is 4. The van der Waals surface area contributed by atoms with Crippen LogP contribution >= 0.6 is 11.6 Å². The van der Waals surface area contributed by atoms with Crippen LogP contribution in [0.4, 0.5) is 21.7 Å². The number of H-pyrrole nitrogens is 2. The van der Waals surface area contributed by atoms with E-state index >= 15 is 0 Å². The number of rotatable bonds is 2. The largest absolute Gasteiger partial charge is 1.00 e. The van der Waals surface area contributed by atoms with Gasteiger partial charge in [0.25, 0.3) is 11.8 Å². The van der Waals surface area contributed by atoms with Crippen molar-refractivity contribution < 1.29 is 82.7 Å². The number of aryl methyl sites for hydroxylation is 4. The minimum atomic E-state index is -5.28. The van der Waals surface area contributed by atoms with Gasteiger partial charge in [-0.1, -0.05) is 23.1 Å². The number of hydrogen-bond donors (Lipinski definition) is 4. The van der Waals surface area contributed by atoms with Crippen LogP contribution < -0.4 is 67.5 Å². The van der Waals surface area contributed by atoms with Crippen molar-refractivity contribution in [3.05, 3.63) is 122 Å². The first-order valence-corrected chi connectivity index (χ1v) is 20.7. The number of aromatic amines is 2. The first kappa shape index (κ1) is 43.0. The molecule has 4 N–H and O–H groups in total. The Labute approximate surface area is 400 Å². The summed E-state index contributed by atoms with van der Waals surface area (Å²) in [4.78, 5) is 47.9. The van der Waals surface area contributed by atoms with Gasteiger partial charge in [-0.05, 0) is 118 Å². The topological polar surface area (TPSA) is 141 Å². The number of aromatic nitrogens is 6. The molecule has 0 saturated heterocycles. The molecule has 2 saturated carbocycles. The third-order valence-corrected chi connectivity index (χ3v) is 12.9. The van der Waals surface area contributed by atoms with Crippen LogP contribution in [0.5, 0.6) is 0 Å². The Morgan fingerprint density at radius 1 is 0.661 bits per heavy atom. The van der Waals surface area contributed by atoms with Gasteiger partial charge in [-0.25, -0.2) is 15.0 Å². The van der Waals surface area contributed by atoms with E-state index < -0.39 is 24.3 Å².